The van der Waals surface area contributed by atoms with Crippen LogP contribution in [-0.4, -0.2) is 23.9 Å². The van der Waals surface area contributed by atoms with Gasteiger partial charge in [0.2, 0.25) is 5.91 Å². The lowest BCUT2D eigenvalue weighted by Crippen LogP contribution is -2.39. The van der Waals surface area contributed by atoms with Crippen LogP contribution >= 0.6 is 0 Å². The SMILES string of the molecule is Cc1ccc(CN(C)C(C)C(=O)Nc2ccccc2C(C)C)cc1. The Hall–Kier alpha value is -2.13. The van der Waals surface area contributed by atoms with E-state index in [0.29, 0.717) is 5.92 Å². The molecule has 1 unspecified atom stereocenters. The number of para-hydroxylation sites is 1. The van der Waals surface area contributed by atoms with Crippen LogP contribution in [0.25, 0.3) is 0 Å². The minimum absolute atomic E-state index is 0.0257. The fourth-order valence-corrected chi connectivity index (χ4v) is 2.67. The quantitative estimate of drug-likeness (QED) is 0.843. The molecule has 0 saturated heterocycles. The monoisotopic (exact) mass is 324 g/mol. The predicted octanol–water partition coefficient (Wildman–Crippen LogP) is 4.58. The zero-order chi connectivity index (χ0) is 17.7. The highest BCUT2D eigenvalue weighted by atomic mass is 16.2. The Bertz CT molecular complexity index is 676. The molecule has 0 aliphatic carbocycles. The first kappa shape index (κ1) is 18.2. The van der Waals surface area contributed by atoms with Gasteiger partial charge < -0.3 is 5.32 Å². The maximum Gasteiger partial charge on any atom is 0.241 e. The van der Waals surface area contributed by atoms with Gasteiger partial charge in [0.25, 0.3) is 0 Å². The zero-order valence-electron chi connectivity index (χ0n) is 15.3. The first-order valence-corrected chi connectivity index (χ1v) is 8.54. The molecule has 2 aromatic carbocycles. The summed E-state index contributed by atoms with van der Waals surface area (Å²) in [5, 5.41) is 3.09. The number of amides is 1. The lowest BCUT2D eigenvalue weighted by molar-refractivity contribution is -0.120. The van der Waals surface area contributed by atoms with E-state index in [9.17, 15) is 4.79 Å². The lowest BCUT2D eigenvalue weighted by atomic mass is 10.0. The van der Waals surface area contributed by atoms with Crippen LogP contribution in [-0.2, 0) is 11.3 Å². The largest absolute Gasteiger partial charge is 0.324 e. The number of likely N-dealkylation sites (N-methyl/N-ethyl adjacent to an activating group) is 1. The van der Waals surface area contributed by atoms with Crippen molar-refractivity contribution in [2.75, 3.05) is 12.4 Å². The fraction of sp³-hybridized carbons (Fsp3) is 0.381. The summed E-state index contributed by atoms with van der Waals surface area (Å²) in [4.78, 5) is 14.7. The van der Waals surface area contributed by atoms with Crippen LogP contribution in [0.15, 0.2) is 48.5 Å². The Morgan fingerprint density at radius 1 is 1.04 bits per heavy atom. The van der Waals surface area contributed by atoms with Crippen molar-refractivity contribution in [3.8, 4) is 0 Å². The Morgan fingerprint density at radius 2 is 1.67 bits per heavy atom. The summed E-state index contributed by atoms with van der Waals surface area (Å²) in [6.07, 6.45) is 0. The lowest BCUT2D eigenvalue weighted by Gasteiger charge is -2.25. The Balaban J connectivity index is 2.02. The van der Waals surface area contributed by atoms with Crippen LogP contribution in [0.4, 0.5) is 5.69 Å². The van der Waals surface area contributed by atoms with Crippen LogP contribution in [0.5, 0.6) is 0 Å². The summed E-state index contributed by atoms with van der Waals surface area (Å²) >= 11 is 0. The summed E-state index contributed by atoms with van der Waals surface area (Å²) in [5.74, 6) is 0.403. The van der Waals surface area contributed by atoms with E-state index in [-0.39, 0.29) is 11.9 Å². The summed E-state index contributed by atoms with van der Waals surface area (Å²) in [6, 6.07) is 16.3. The Kier molecular flexibility index (Phi) is 6.16. The third-order valence-corrected chi connectivity index (χ3v) is 4.43. The highest BCUT2D eigenvalue weighted by Crippen LogP contribution is 2.24. The van der Waals surface area contributed by atoms with Gasteiger partial charge in [-0.1, -0.05) is 61.9 Å². The highest BCUT2D eigenvalue weighted by molar-refractivity contribution is 5.95. The summed E-state index contributed by atoms with van der Waals surface area (Å²) in [6.45, 7) is 9.05. The highest BCUT2D eigenvalue weighted by Gasteiger charge is 2.19. The van der Waals surface area contributed by atoms with Crippen LogP contribution in [0.2, 0.25) is 0 Å². The topological polar surface area (TPSA) is 32.3 Å². The average molecular weight is 324 g/mol. The van der Waals surface area contributed by atoms with E-state index >= 15 is 0 Å². The smallest absolute Gasteiger partial charge is 0.241 e. The molecule has 0 fully saturated rings. The molecule has 2 aromatic rings. The molecule has 1 N–H and O–H groups in total. The number of carbonyl (C=O) groups is 1. The van der Waals surface area contributed by atoms with Gasteiger partial charge >= 0.3 is 0 Å². The zero-order valence-corrected chi connectivity index (χ0v) is 15.3. The number of hydrogen-bond acceptors (Lipinski definition) is 2. The van der Waals surface area contributed by atoms with Gasteiger partial charge in [-0.25, -0.2) is 0 Å². The molecule has 0 saturated carbocycles. The third kappa shape index (κ3) is 4.68. The molecule has 0 radical (unpaired) electrons. The van der Waals surface area contributed by atoms with Crippen LogP contribution in [0.3, 0.4) is 0 Å². The molecule has 0 aromatic heterocycles. The third-order valence-electron chi connectivity index (χ3n) is 4.43. The molecule has 128 valence electrons. The van der Waals surface area contributed by atoms with E-state index < -0.39 is 0 Å². The second-order valence-electron chi connectivity index (χ2n) is 6.81. The molecule has 0 aliphatic rings. The van der Waals surface area contributed by atoms with E-state index in [2.05, 4.69) is 61.3 Å². The van der Waals surface area contributed by atoms with Crippen molar-refractivity contribution in [3.63, 3.8) is 0 Å². The van der Waals surface area contributed by atoms with Crippen molar-refractivity contribution in [3.05, 3.63) is 65.2 Å². The second-order valence-corrected chi connectivity index (χ2v) is 6.81. The number of benzene rings is 2. The molecule has 3 heteroatoms. The predicted molar refractivity (Wildman–Crippen MR) is 101 cm³/mol. The first-order chi connectivity index (χ1) is 11.4. The van der Waals surface area contributed by atoms with E-state index in [1.54, 1.807) is 0 Å². The molecule has 24 heavy (non-hydrogen) atoms. The molecule has 3 nitrogen and oxygen atoms in total. The van der Waals surface area contributed by atoms with Crippen molar-refractivity contribution >= 4 is 11.6 Å². The van der Waals surface area contributed by atoms with E-state index in [1.807, 2.05) is 32.2 Å². The van der Waals surface area contributed by atoms with Crippen molar-refractivity contribution in [2.24, 2.45) is 0 Å². The van der Waals surface area contributed by atoms with Crippen LogP contribution in [0, 0.1) is 6.92 Å². The molecule has 0 spiro atoms. The van der Waals surface area contributed by atoms with Crippen LogP contribution < -0.4 is 5.32 Å². The molecular weight excluding hydrogens is 296 g/mol. The van der Waals surface area contributed by atoms with Crippen molar-refractivity contribution in [1.82, 2.24) is 4.90 Å². The molecule has 1 atom stereocenters. The van der Waals surface area contributed by atoms with Gasteiger partial charge in [-0.15, -0.1) is 0 Å². The summed E-state index contributed by atoms with van der Waals surface area (Å²) < 4.78 is 0. The van der Waals surface area contributed by atoms with E-state index in [4.69, 9.17) is 0 Å². The minimum Gasteiger partial charge on any atom is -0.324 e. The summed E-state index contributed by atoms with van der Waals surface area (Å²) in [7, 11) is 1.98. The maximum absolute atomic E-state index is 12.6. The number of aryl methyl sites for hydroxylation is 1. The minimum atomic E-state index is -0.202. The van der Waals surface area contributed by atoms with Crippen LogP contribution in [0.1, 0.15) is 43.4 Å². The molecule has 0 heterocycles. The Labute approximate surface area is 145 Å². The fourth-order valence-electron chi connectivity index (χ4n) is 2.67. The number of anilines is 1. The molecular formula is C21H28N2O. The van der Waals surface area contributed by atoms with Gasteiger partial charge in [-0.05, 0) is 44.0 Å². The average Bonchev–Trinajstić information content (AvgIpc) is 2.56. The van der Waals surface area contributed by atoms with Gasteiger partial charge in [0, 0.05) is 12.2 Å². The van der Waals surface area contributed by atoms with Gasteiger partial charge in [0.15, 0.2) is 0 Å². The number of hydrogen-bond donors (Lipinski definition) is 1. The molecule has 1 amide bonds. The molecule has 0 bridgehead atoms. The molecule has 0 aliphatic heterocycles. The number of rotatable bonds is 6. The number of carbonyl (C=O) groups excluding carboxylic acids is 1. The second kappa shape index (κ2) is 8.11. The summed E-state index contributed by atoms with van der Waals surface area (Å²) in [5.41, 5.74) is 4.54. The van der Waals surface area contributed by atoms with Gasteiger partial charge in [0.05, 0.1) is 6.04 Å². The Morgan fingerprint density at radius 3 is 2.29 bits per heavy atom. The van der Waals surface area contributed by atoms with Crippen molar-refractivity contribution < 1.29 is 4.79 Å². The van der Waals surface area contributed by atoms with Crippen molar-refractivity contribution in [1.29, 1.82) is 0 Å². The number of nitrogens with one attached hydrogen (secondary N) is 1. The first-order valence-electron chi connectivity index (χ1n) is 8.54. The van der Waals surface area contributed by atoms with Crippen molar-refractivity contribution in [2.45, 2.75) is 46.2 Å². The normalized spacial score (nSPS) is 12.5. The molecule has 2 rings (SSSR count). The van der Waals surface area contributed by atoms with Gasteiger partial charge in [-0.2, -0.15) is 0 Å². The number of nitrogens with zero attached hydrogens (tertiary/aromatic N) is 1. The van der Waals surface area contributed by atoms with Gasteiger partial charge in [-0.3, -0.25) is 9.69 Å². The van der Waals surface area contributed by atoms with E-state index in [0.717, 1.165) is 12.2 Å². The maximum atomic E-state index is 12.6. The van der Waals surface area contributed by atoms with Gasteiger partial charge in [0.1, 0.15) is 0 Å². The van der Waals surface area contributed by atoms with E-state index in [1.165, 1.54) is 16.7 Å². The standard InChI is InChI=1S/C21H28N2O/c1-15(2)19-8-6-7-9-20(19)22-21(24)17(4)23(5)14-18-12-10-16(3)11-13-18/h6-13,15,17H,14H2,1-5H3,(H,22,24).